The quantitative estimate of drug-likeness (QED) is 0.627. The van der Waals surface area contributed by atoms with E-state index in [4.69, 9.17) is 9.47 Å². The summed E-state index contributed by atoms with van der Waals surface area (Å²) in [4.78, 5) is 0. The molecule has 0 bridgehead atoms. The zero-order valence-corrected chi connectivity index (χ0v) is 14.3. The van der Waals surface area contributed by atoms with Crippen molar-refractivity contribution in [1.82, 2.24) is 10.2 Å². The van der Waals surface area contributed by atoms with Crippen LogP contribution in [0.3, 0.4) is 0 Å². The number of hydrogen-bond acceptors (Lipinski definition) is 5. The van der Waals surface area contributed by atoms with Crippen LogP contribution in [0.4, 0.5) is 0 Å². The maximum absolute atomic E-state index is 5.40. The molecule has 0 aliphatic carbocycles. The molecule has 0 atom stereocenters. The van der Waals surface area contributed by atoms with Gasteiger partial charge in [0.05, 0.1) is 5.69 Å². The number of nitrogens with zero attached hydrogens (tertiary/aromatic N) is 2. The highest BCUT2D eigenvalue weighted by atomic mass is 32.2. The number of rotatable bonds is 5. The average Bonchev–Trinajstić information content (AvgIpc) is 3.14. The lowest BCUT2D eigenvalue weighted by atomic mass is 10.1. The first-order valence-electron chi connectivity index (χ1n) is 7.97. The third-order valence-electron chi connectivity index (χ3n) is 3.75. The van der Waals surface area contributed by atoms with Crippen LogP contribution in [0.5, 0.6) is 11.5 Å². The molecule has 25 heavy (non-hydrogen) atoms. The van der Waals surface area contributed by atoms with E-state index >= 15 is 0 Å². The van der Waals surface area contributed by atoms with Crippen LogP contribution in [0, 0.1) is 0 Å². The molecule has 1 aromatic heterocycles. The molecule has 5 heteroatoms. The van der Waals surface area contributed by atoms with Crippen LogP contribution in [0.15, 0.2) is 71.8 Å². The fourth-order valence-corrected chi connectivity index (χ4v) is 3.11. The van der Waals surface area contributed by atoms with E-state index in [0.29, 0.717) is 0 Å². The average molecular weight is 348 g/mol. The summed E-state index contributed by atoms with van der Waals surface area (Å²) in [7, 11) is 0. The monoisotopic (exact) mass is 348 g/mol. The highest BCUT2D eigenvalue weighted by Crippen LogP contribution is 2.35. The predicted molar refractivity (Wildman–Crippen MR) is 99.8 cm³/mol. The molecule has 3 aromatic rings. The summed E-state index contributed by atoms with van der Waals surface area (Å²) < 4.78 is 10.7. The van der Waals surface area contributed by atoms with Gasteiger partial charge in [0.2, 0.25) is 6.79 Å². The molecule has 0 spiro atoms. The molecule has 0 unspecified atom stereocenters. The van der Waals surface area contributed by atoms with Gasteiger partial charge in [-0.15, -0.1) is 22.0 Å². The topological polar surface area (TPSA) is 44.2 Å². The van der Waals surface area contributed by atoms with E-state index in [1.165, 1.54) is 5.56 Å². The van der Waals surface area contributed by atoms with Gasteiger partial charge in [0.1, 0.15) is 5.03 Å². The second-order valence-corrected chi connectivity index (χ2v) is 6.49. The summed E-state index contributed by atoms with van der Waals surface area (Å²) in [6, 6.07) is 20.0. The zero-order valence-electron chi connectivity index (χ0n) is 13.5. The molecule has 0 fully saturated rings. The second kappa shape index (κ2) is 7.40. The smallest absolute Gasteiger partial charge is 0.231 e. The van der Waals surface area contributed by atoms with Crippen LogP contribution in [-0.4, -0.2) is 22.7 Å². The third kappa shape index (κ3) is 3.83. The number of thioether (sulfide) groups is 1. The molecule has 0 saturated heterocycles. The molecule has 1 aliphatic rings. The van der Waals surface area contributed by atoms with Crippen LogP contribution < -0.4 is 9.47 Å². The van der Waals surface area contributed by atoms with Crippen molar-refractivity contribution in [2.75, 3.05) is 12.5 Å². The Bertz CT molecular complexity index is 880. The molecule has 2 heterocycles. The third-order valence-corrected chi connectivity index (χ3v) is 4.62. The lowest BCUT2D eigenvalue weighted by Gasteiger charge is -2.03. The lowest BCUT2D eigenvalue weighted by Crippen LogP contribution is -1.93. The van der Waals surface area contributed by atoms with Crippen molar-refractivity contribution in [3.63, 3.8) is 0 Å². The SMILES string of the molecule is C(=C\c1ccccc1)/CSc1ccc(-c2ccc3c(c2)OCO3)nn1. The van der Waals surface area contributed by atoms with Crippen molar-refractivity contribution in [1.29, 1.82) is 0 Å². The van der Waals surface area contributed by atoms with Crippen molar-refractivity contribution in [3.8, 4) is 22.8 Å². The molecule has 4 nitrogen and oxygen atoms in total. The number of fused-ring (bicyclic) bond motifs is 1. The Morgan fingerprint density at radius 3 is 2.64 bits per heavy atom. The molecule has 124 valence electrons. The van der Waals surface area contributed by atoms with Crippen LogP contribution in [0.25, 0.3) is 17.3 Å². The molecular formula is C20H16N2O2S. The van der Waals surface area contributed by atoms with E-state index in [9.17, 15) is 0 Å². The van der Waals surface area contributed by atoms with Gasteiger partial charge in [-0.1, -0.05) is 42.5 Å². The van der Waals surface area contributed by atoms with Gasteiger partial charge < -0.3 is 9.47 Å². The Morgan fingerprint density at radius 1 is 0.920 bits per heavy atom. The standard InChI is InChI=1S/C20H16N2O2S/c1-2-5-15(6-3-1)7-4-12-25-20-11-9-17(21-22-20)16-8-10-18-19(13-16)24-14-23-18/h1-11,13H,12,14H2/b7-4+. The fourth-order valence-electron chi connectivity index (χ4n) is 2.49. The van der Waals surface area contributed by atoms with E-state index in [-0.39, 0.29) is 6.79 Å². The molecule has 0 saturated carbocycles. The van der Waals surface area contributed by atoms with Crippen LogP contribution >= 0.6 is 11.8 Å². The summed E-state index contributed by atoms with van der Waals surface area (Å²) in [5.41, 5.74) is 2.99. The number of aromatic nitrogens is 2. The van der Waals surface area contributed by atoms with Crippen LogP contribution in [0.1, 0.15) is 5.56 Å². The Hall–Kier alpha value is -2.79. The number of hydrogen-bond donors (Lipinski definition) is 0. The minimum Gasteiger partial charge on any atom is -0.454 e. The molecule has 2 aromatic carbocycles. The lowest BCUT2D eigenvalue weighted by molar-refractivity contribution is 0.174. The first-order valence-corrected chi connectivity index (χ1v) is 8.95. The molecule has 4 rings (SSSR count). The van der Waals surface area contributed by atoms with Crippen molar-refractivity contribution in [2.24, 2.45) is 0 Å². The van der Waals surface area contributed by atoms with Gasteiger partial charge in [-0.3, -0.25) is 0 Å². The summed E-state index contributed by atoms with van der Waals surface area (Å²) in [5, 5.41) is 9.53. The Kier molecular flexibility index (Phi) is 4.65. The first-order chi connectivity index (χ1) is 12.4. The van der Waals surface area contributed by atoms with Crippen LogP contribution in [0.2, 0.25) is 0 Å². The molecule has 1 aliphatic heterocycles. The Labute approximate surface area is 150 Å². The maximum Gasteiger partial charge on any atom is 0.231 e. The second-order valence-electron chi connectivity index (χ2n) is 5.45. The van der Waals surface area contributed by atoms with Crippen molar-refractivity contribution in [3.05, 3.63) is 72.3 Å². The number of ether oxygens (including phenoxy) is 2. The summed E-state index contributed by atoms with van der Waals surface area (Å²) >= 11 is 1.66. The van der Waals surface area contributed by atoms with Crippen molar-refractivity contribution in [2.45, 2.75) is 5.03 Å². The van der Waals surface area contributed by atoms with Gasteiger partial charge in [-0.05, 0) is 35.9 Å². The maximum atomic E-state index is 5.40. The van der Waals surface area contributed by atoms with Crippen LogP contribution in [-0.2, 0) is 0 Å². The van der Waals surface area contributed by atoms with E-state index < -0.39 is 0 Å². The van der Waals surface area contributed by atoms with E-state index in [2.05, 4.69) is 34.5 Å². The zero-order chi connectivity index (χ0) is 16.9. The van der Waals surface area contributed by atoms with E-state index in [0.717, 1.165) is 33.5 Å². The molecular weight excluding hydrogens is 332 g/mol. The highest BCUT2D eigenvalue weighted by Gasteiger charge is 2.14. The minimum atomic E-state index is 0.274. The van der Waals surface area contributed by atoms with E-state index in [1.54, 1.807) is 11.8 Å². The van der Waals surface area contributed by atoms with E-state index in [1.807, 2.05) is 48.5 Å². The Morgan fingerprint density at radius 2 is 1.80 bits per heavy atom. The van der Waals surface area contributed by atoms with Gasteiger partial charge >= 0.3 is 0 Å². The molecule has 0 radical (unpaired) electrons. The largest absolute Gasteiger partial charge is 0.454 e. The summed E-state index contributed by atoms with van der Waals surface area (Å²) in [5.74, 6) is 2.38. The fraction of sp³-hybridized carbons (Fsp3) is 0.100. The van der Waals surface area contributed by atoms with Gasteiger partial charge in [0, 0.05) is 11.3 Å². The predicted octanol–water partition coefficient (Wildman–Crippen LogP) is 4.68. The van der Waals surface area contributed by atoms with Crippen molar-refractivity contribution >= 4 is 17.8 Å². The molecule has 0 amide bonds. The minimum absolute atomic E-state index is 0.274. The molecule has 0 N–H and O–H groups in total. The Balaban J connectivity index is 1.38. The van der Waals surface area contributed by atoms with Gasteiger partial charge in [-0.2, -0.15) is 0 Å². The number of benzene rings is 2. The van der Waals surface area contributed by atoms with Gasteiger partial charge in [-0.25, -0.2) is 0 Å². The summed E-state index contributed by atoms with van der Waals surface area (Å²) in [6.45, 7) is 0.274. The summed E-state index contributed by atoms with van der Waals surface area (Å²) in [6.07, 6.45) is 4.24. The van der Waals surface area contributed by atoms with Gasteiger partial charge in [0.15, 0.2) is 11.5 Å². The normalized spacial score (nSPS) is 12.6. The van der Waals surface area contributed by atoms with Crippen molar-refractivity contribution < 1.29 is 9.47 Å². The highest BCUT2D eigenvalue weighted by molar-refractivity contribution is 7.99. The van der Waals surface area contributed by atoms with Gasteiger partial charge in [0.25, 0.3) is 0 Å². The first kappa shape index (κ1) is 15.7.